The van der Waals surface area contributed by atoms with E-state index in [4.69, 9.17) is 5.73 Å². The largest absolute Gasteiger partial charge is 0.398 e. The van der Waals surface area contributed by atoms with Gasteiger partial charge in [-0.3, -0.25) is 4.68 Å². The summed E-state index contributed by atoms with van der Waals surface area (Å²) in [7, 11) is -1.86. The van der Waals surface area contributed by atoms with Crippen LogP contribution in [0.15, 0.2) is 38.4 Å². The lowest BCUT2D eigenvalue weighted by molar-refractivity contribution is 0.581. The molecule has 0 bridgehead atoms. The number of aryl methyl sites for hydroxylation is 1. The second-order valence-corrected chi connectivity index (χ2v) is 7.95. The minimum Gasteiger partial charge on any atom is -0.398 e. The van der Waals surface area contributed by atoms with Gasteiger partial charge in [-0.05, 0) is 40.0 Å². The summed E-state index contributed by atoms with van der Waals surface area (Å²) in [5.41, 5.74) is 6.95. The summed E-state index contributed by atoms with van der Waals surface area (Å²) in [6, 6.07) is 3.20. The van der Waals surface area contributed by atoms with E-state index in [-0.39, 0.29) is 17.1 Å². The number of halogens is 2. The summed E-state index contributed by atoms with van der Waals surface area (Å²) in [4.78, 5) is 0.0527. The van der Waals surface area contributed by atoms with Gasteiger partial charge < -0.3 is 5.73 Å². The van der Waals surface area contributed by atoms with E-state index < -0.39 is 10.0 Å². The molecule has 21 heavy (non-hydrogen) atoms. The Balaban J connectivity index is 2.12. The molecule has 114 valence electrons. The average molecular weight is 438 g/mol. The van der Waals surface area contributed by atoms with Gasteiger partial charge in [0.05, 0.1) is 11.9 Å². The van der Waals surface area contributed by atoms with E-state index in [9.17, 15) is 8.42 Å². The lowest BCUT2D eigenvalue weighted by atomic mass is 10.3. The van der Waals surface area contributed by atoms with Crippen LogP contribution in [0.25, 0.3) is 0 Å². The van der Waals surface area contributed by atoms with E-state index in [0.29, 0.717) is 15.4 Å². The highest BCUT2D eigenvalue weighted by Crippen LogP contribution is 2.31. The number of aromatic nitrogens is 2. The van der Waals surface area contributed by atoms with Gasteiger partial charge in [0.25, 0.3) is 0 Å². The molecule has 2 rings (SSSR count). The van der Waals surface area contributed by atoms with E-state index in [0.717, 1.165) is 5.56 Å². The molecule has 0 spiro atoms. The number of benzene rings is 1. The first-order chi connectivity index (χ1) is 9.79. The fourth-order valence-corrected chi connectivity index (χ4v) is 4.96. The maximum absolute atomic E-state index is 12.3. The second-order valence-electron chi connectivity index (χ2n) is 4.48. The molecule has 0 fully saturated rings. The molecule has 9 heteroatoms. The van der Waals surface area contributed by atoms with Crippen molar-refractivity contribution in [2.75, 3.05) is 12.3 Å². The first-order valence-corrected chi connectivity index (χ1v) is 9.08. The molecule has 3 N–H and O–H groups in total. The Morgan fingerprint density at radius 1 is 1.38 bits per heavy atom. The zero-order chi connectivity index (χ0) is 15.6. The Labute approximate surface area is 140 Å². The summed E-state index contributed by atoms with van der Waals surface area (Å²) in [5.74, 6) is 0. The van der Waals surface area contributed by atoms with Gasteiger partial charge in [-0.1, -0.05) is 15.9 Å². The topological polar surface area (TPSA) is 90.0 Å². The molecule has 0 aliphatic carbocycles. The number of rotatable bonds is 5. The van der Waals surface area contributed by atoms with Crippen molar-refractivity contribution in [1.29, 1.82) is 0 Å². The number of nitrogen functional groups attached to an aromatic ring is 1. The number of nitrogens with one attached hydrogen (secondary N) is 1. The van der Waals surface area contributed by atoms with E-state index in [2.05, 4.69) is 41.7 Å². The molecule has 0 atom stereocenters. The van der Waals surface area contributed by atoms with Crippen molar-refractivity contribution >= 4 is 47.6 Å². The highest BCUT2D eigenvalue weighted by atomic mass is 79.9. The van der Waals surface area contributed by atoms with Crippen LogP contribution >= 0.6 is 31.9 Å². The van der Waals surface area contributed by atoms with Crippen molar-refractivity contribution in [2.45, 2.75) is 11.3 Å². The van der Waals surface area contributed by atoms with Gasteiger partial charge in [0.1, 0.15) is 4.90 Å². The highest BCUT2D eigenvalue weighted by Gasteiger charge is 2.21. The van der Waals surface area contributed by atoms with Crippen LogP contribution in [0.5, 0.6) is 0 Å². The molecule has 0 aliphatic heterocycles. The molecular weight excluding hydrogens is 424 g/mol. The standard InChI is InChI=1S/C12H14Br2N4O2S/c1-18-7-8(6-16-18)2-3-17-21(19,20)12-10(14)4-9(13)5-11(12)15/h4-7,17H,2-3,15H2,1H3. The first-order valence-electron chi connectivity index (χ1n) is 6.01. The van der Waals surface area contributed by atoms with Gasteiger partial charge in [0.15, 0.2) is 0 Å². The minimum absolute atomic E-state index is 0.0527. The van der Waals surface area contributed by atoms with Crippen LogP contribution in [0, 0.1) is 0 Å². The van der Waals surface area contributed by atoms with Crippen molar-refractivity contribution in [3.8, 4) is 0 Å². The number of nitrogens with two attached hydrogens (primary N) is 1. The molecule has 0 radical (unpaired) electrons. The zero-order valence-corrected chi connectivity index (χ0v) is 15.2. The Kier molecular flexibility index (Phi) is 5.07. The molecule has 0 saturated carbocycles. The fraction of sp³-hybridized carbons (Fsp3) is 0.250. The van der Waals surface area contributed by atoms with Gasteiger partial charge in [-0.2, -0.15) is 5.10 Å². The minimum atomic E-state index is -3.67. The second kappa shape index (κ2) is 6.47. The molecule has 0 amide bonds. The highest BCUT2D eigenvalue weighted by molar-refractivity contribution is 9.11. The van der Waals surface area contributed by atoms with Gasteiger partial charge in [0, 0.05) is 28.7 Å². The predicted molar refractivity (Wildman–Crippen MR) is 88.4 cm³/mol. The van der Waals surface area contributed by atoms with E-state index in [1.54, 1.807) is 23.0 Å². The Bertz CT molecular complexity index is 735. The van der Waals surface area contributed by atoms with Gasteiger partial charge in [-0.25, -0.2) is 13.1 Å². The average Bonchev–Trinajstić information content (AvgIpc) is 2.72. The number of sulfonamides is 1. The molecular formula is C12H14Br2N4O2S. The molecule has 6 nitrogen and oxygen atoms in total. The molecule has 1 heterocycles. The van der Waals surface area contributed by atoms with Crippen molar-refractivity contribution in [1.82, 2.24) is 14.5 Å². The monoisotopic (exact) mass is 436 g/mol. The molecule has 1 aromatic heterocycles. The smallest absolute Gasteiger partial charge is 0.243 e. The number of hydrogen-bond acceptors (Lipinski definition) is 4. The lowest BCUT2D eigenvalue weighted by Crippen LogP contribution is -2.27. The third-order valence-corrected chi connectivity index (χ3v) is 5.69. The normalized spacial score (nSPS) is 11.8. The summed E-state index contributed by atoms with van der Waals surface area (Å²) in [6.07, 6.45) is 4.11. The predicted octanol–water partition coefficient (Wildman–Crippen LogP) is 2.05. The Morgan fingerprint density at radius 2 is 2.10 bits per heavy atom. The van der Waals surface area contributed by atoms with Gasteiger partial charge >= 0.3 is 0 Å². The summed E-state index contributed by atoms with van der Waals surface area (Å²) in [6.45, 7) is 0.274. The summed E-state index contributed by atoms with van der Waals surface area (Å²) < 4.78 is 30.0. The van der Waals surface area contributed by atoms with Gasteiger partial charge in [0.2, 0.25) is 10.0 Å². The summed E-state index contributed by atoms with van der Waals surface area (Å²) >= 11 is 6.50. The van der Waals surface area contributed by atoms with E-state index in [1.165, 1.54) is 0 Å². The SMILES string of the molecule is Cn1cc(CCNS(=O)(=O)c2c(N)cc(Br)cc2Br)cn1. The van der Waals surface area contributed by atoms with Crippen LogP contribution in [0.2, 0.25) is 0 Å². The third-order valence-electron chi connectivity index (χ3n) is 2.77. The van der Waals surface area contributed by atoms with Crippen LogP contribution in [0.1, 0.15) is 5.56 Å². The third kappa shape index (κ3) is 4.06. The van der Waals surface area contributed by atoms with Crippen LogP contribution in [0.3, 0.4) is 0 Å². The summed E-state index contributed by atoms with van der Waals surface area (Å²) in [5, 5.41) is 4.03. The number of hydrogen-bond donors (Lipinski definition) is 2. The molecule has 0 unspecified atom stereocenters. The van der Waals surface area contributed by atoms with Crippen molar-refractivity contribution in [3.63, 3.8) is 0 Å². The Hall–Kier alpha value is -0.900. The van der Waals surface area contributed by atoms with Crippen molar-refractivity contribution in [2.24, 2.45) is 7.05 Å². The maximum atomic E-state index is 12.3. The lowest BCUT2D eigenvalue weighted by Gasteiger charge is -2.11. The number of anilines is 1. The van der Waals surface area contributed by atoms with Crippen LogP contribution in [-0.2, 0) is 23.5 Å². The van der Waals surface area contributed by atoms with Crippen LogP contribution < -0.4 is 10.5 Å². The fourth-order valence-electron chi connectivity index (χ4n) is 1.87. The van der Waals surface area contributed by atoms with Crippen LogP contribution in [-0.4, -0.2) is 24.7 Å². The van der Waals surface area contributed by atoms with Crippen molar-refractivity contribution in [3.05, 3.63) is 39.0 Å². The first kappa shape index (κ1) is 16.5. The van der Waals surface area contributed by atoms with E-state index >= 15 is 0 Å². The molecule has 0 saturated heterocycles. The zero-order valence-electron chi connectivity index (χ0n) is 11.2. The quantitative estimate of drug-likeness (QED) is 0.700. The van der Waals surface area contributed by atoms with Crippen molar-refractivity contribution < 1.29 is 8.42 Å². The van der Waals surface area contributed by atoms with Gasteiger partial charge in [-0.15, -0.1) is 0 Å². The molecule has 2 aromatic rings. The van der Waals surface area contributed by atoms with E-state index in [1.807, 2.05) is 13.2 Å². The van der Waals surface area contributed by atoms with Crippen LogP contribution in [0.4, 0.5) is 5.69 Å². The molecule has 1 aromatic carbocycles. The number of nitrogens with zero attached hydrogens (tertiary/aromatic N) is 2. The maximum Gasteiger partial charge on any atom is 0.243 e. The molecule has 0 aliphatic rings. The Morgan fingerprint density at radius 3 is 2.67 bits per heavy atom.